The van der Waals surface area contributed by atoms with Gasteiger partial charge in [-0.1, -0.05) is 131 Å². The SMILES string of the molecule is O[C@H]1[C@H](OCc2ccc3c(c2)OCO3)O[C@@H]2COC(c3ccccc3)O[C@@H]2[C@@H]1O[C@H]1O[C@H](COCc2ccc(Cl)cc2)[C@H](OCc2ccc(Cl)cc2)[C@H](OCc2ccc(Cl)cc2)[C@H]1OCc1ccc(Cl)cc1. The molecule has 1 N–H and O–H groups in total. The molecule has 10 rings (SSSR count). The van der Waals surface area contributed by atoms with Crippen LogP contribution >= 0.6 is 46.4 Å². The van der Waals surface area contributed by atoms with Gasteiger partial charge in [0.05, 0.1) is 46.2 Å². The molecule has 72 heavy (non-hydrogen) atoms. The minimum Gasteiger partial charge on any atom is -0.454 e. The zero-order chi connectivity index (χ0) is 49.4. The lowest BCUT2D eigenvalue weighted by atomic mass is 9.95. The predicted octanol–water partition coefficient (Wildman–Crippen LogP) is 10.8. The van der Waals surface area contributed by atoms with Crippen molar-refractivity contribution in [2.75, 3.05) is 20.0 Å². The number of hydrogen-bond acceptors (Lipinski definition) is 13. The van der Waals surface area contributed by atoms with Gasteiger partial charge in [0, 0.05) is 25.7 Å². The molecule has 0 radical (unpaired) electrons. The van der Waals surface area contributed by atoms with Crippen molar-refractivity contribution in [2.45, 2.75) is 101 Å². The van der Waals surface area contributed by atoms with Crippen LogP contribution in [0.2, 0.25) is 20.1 Å². The van der Waals surface area contributed by atoms with E-state index < -0.39 is 67.7 Å². The molecule has 4 heterocycles. The van der Waals surface area contributed by atoms with Crippen molar-refractivity contribution in [1.29, 1.82) is 0 Å². The van der Waals surface area contributed by atoms with Gasteiger partial charge in [-0.3, -0.25) is 0 Å². The minimum absolute atomic E-state index is 0.0303. The van der Waals surface area contributed by atoms with Gasteiger partial charge in [-0.2, -0.15) is 0 Å². The number of halogens is 4. The summed E-state index contributed by atoms with van der Waals surface area (Å²) in [5.41, 5.74) is 4.98. The molecule has 0 spiro atoms. The number of rotatable bonds is 19. The van der Waals surface area contributed by atoms with E-state index in [9.17, 15) is 5.11 Å². The normalized spacial score (nSPS) is 26.8. The van der Waals surface area contributed by atoms with Crippen molar-refractivity contribution >= 4 is 46.4 Å². The highest BCUT2D eigenvalue weighted by Crippen LogP contribution is 2.40. The molecule has 4 aliphatic rings. The van der Waals surface area contributed by atoms with Gasteiger partial charge in [0.25, 0.3) is 0 Å². The van der Waals surface area contributed by atoms with E-state index >= 15 is 0 Å². The van der Waals surface area contributed by atoms with E-state index in [1.165, 1.54) is 0 Å². The summed E-state index contributed by atoms with van der Waals surface area (Å²) in [7, 11) is 0. The lowest BCUT2D eigenvalue weighted by molar-refractivity contribution is -0.398. The van der Waals surface area contributed by atoms with Gasteiger partial charge < -0.3 is 61.9 Å². The van der Waals surface area contributed by atoms with Crippen molar-refractivity contribution in [3.8, 4) is 11.5 Å². The molecule has 11 atom stereocenters. The van der Waals surface area contributed by atoms with Crippen LogP contribution < -0.4 is 9.47 Å². The molecule has 6 aromatic carbocycles. The maximum atomic E-state index is 12.5. The Morgan fingerprint density at radius 2 is 1.01 bits per heavy atom. The third-order valence-corrected chi connectivity index (χ3v) is 13.7. The Kier molecular flexibility index (Phi) is 17.3. The minimum atomic E-state index is -1.43. The van der Waals surface area contributed by atoms with Crippen LogP contribution in [0.15, 0.2) is 146 Å². The molecular weight excluding hydrogens is 1010 g/mol. The van der Waals surface area contributed by atoms with E-state index in [0.29, 0.717) is 31.6 Å². The third-order valence-electron chi connectivity index (χ3n) is 12.6. The first-order chi connectivity index (χ1) is 35.2. The topological polar surface area (TPSA) is 131 Å². The average molecular weight is 1060 g/mol. The lowest BCUT2D eigenvalue weighted by Gasteiger charge is -2.51. The molecule has 3 saturated heterocycles. The quantitative estimate of drug-likeness (QED) is 0.0826. The van der Waals surface area contributed by atoms with Crippen LogP contribution in [0.1, 0.15) is 39.7 Å². The Morgan fingerprint density at radius 3 is 1.62 bits per heavy atom. The van der Waals surface area contributed by atoms with E-state index in [4.69, 9.17) is 103 Å². The predicted molar refractivity (Wildman–Crippen MR) is 267 cm³/mol. The van der Waals surface area contributed by atoms with Crippen molar-refractivity contribution in [2.24, 2.45) is 0 Å². The highest BCUT2D eigenvalue weighted by Gasteiger charge is 2.55. The molecule has 0 aliphatic carbocycles. The van der Waals surface area contributed by atoms with Crippen LogP contribution in [0.5, 0.6) is 11.5 Å². The molecule has 0 amide bonds. The van der Waals surface area contributed by atoms with Gasteiger partial charge in [0.15, 0.2) is 30.4 Å². The van der Waals surface area contributed by atoms with Crippen LogP contribution in [-0.2, 0) is 80.4 Å². The Bertz CT molecular complexity index is 2650. The first-order valence-corrected chi connectivity index (χ1v) is 25.1. The highest BCUT2D eigenvalue weighted by molar-refractivity contribution is 6.31. The Balaban J connectivity index is 1.00. The standard InChI is InChI=1S/C55H52Cl4O13/c56-39-15-6-33(7-16-39)25-61-30-45-48(62-26-34-8-17-40(57)18-9-34)51(63-27-35-10-19-41(58)20-11-35)52(64-28-36-12-21-42(59)22-13-36)55(70-45)72-50-47(60)54(65-29-37-14-23-43-44(24-37)68-32-67-43)69-46-31-66-53(71-49(46)50)38-4-2-1-3-5-38/h1-24,45-55,60H,25-32H2/t45-,46-,47-,48+,49+,50-,51+,52-,53?,54-,55-/m1/s1. The van der Waals surface area contributed by atoms with Crippen molar-refractivity contribution in [1.82, 2.24) is 0 Å². The summed E-state index contributed by atoms with van der Waals surface area (Å²) in [6, 6.07) is 44.6. The number of hydrogen-bond donors (Lipinski definition) is 1. The molecule has 0 bridgehead atoms. The summed E-state index contributed by atoms with van der Waals surface area (Å²) in [5, 5.41) is 14.9. The van der Waals surface area contributed by atoms with Gasteiger partial charge in [-0.25, -0.2) is 0 Å². The summed E-state index contributed by atoms with van der Waals surface area (Å²) in [6.45, 7) is 0.935. The molecule has 17 heteroatoms. The van der Waals surface area contributed by atoms with Gasteiger partial charge >= 0.3 is 0 Å². The molecule has 4 aliphatic heterocycles. The zero-order valence-corrected chi connectivity index (χ0v) is 41.7. The van der Waals surface area contributed by atoms with E-state index in [0.717, 1.165) is 33.4 Å². The highest BCUT2D eigenvalue weighted by atomic mass is 35.5. The molecule has 378 valence electrons. The average Bonchev–Trinajstić information content (AvgIpc) is 3.88. The maximum Gasteiger partial charge on any atom is 0.231 e. The van der Waals surface area contributed by atoms with Crippen molar-refractivity contribution in [3.05, 3.63) is 199 Å². The summed E-state index contributed by atoms with van der Waals surface area (Å²) < 4.78 is 78.4. The van der Waals surface area contributed by atoms with E-state index in [1.54, 1.807) is 36.4 Å². The smallest absolute Gasteiger partial charge is 0.231 e. The monoisotopic (exact) mass is 1060 g/mol. The number of ether oxygens (including phenoxy) is 12. The number of aliphatic hydroxyl groups is 1. The number of aliphatic hydroxyl groups excluding tert-OH is 1. The van der Waals surface area contributed by atoms with E-state index in [2.05, 4.69) is 0 Å². The maximum absolute atomic E-state index is 12.5. The van der Waals surface area contributed by atoms with Crippen LogP contribution in [-0.4, -0.2) is 86.5 Å². The van der Waals surface area contributed by atoms with Crippen molar-refractivity contribution < 1.29 is 61.9 Å². The molecular formula is C55H52Cl4O13. The van der Waals surface area contributed by atoms with Gasteiger partial charge in [-0.15, -0.1) is 0 Å². The molecule has 0 saturated carbocycles. The van der Waals surface area contributed by atoms with E-state index in [-0.39, 0.29) is 53.0 Å². The summed E-state index contributed by atoms with van der Waals surface area (Å²) in [4.78, 5) is 0. The molecule has 13 nitrogen and oxygen atoms in total. The summed E-state index contributed by atoms with van der Waals surface area (Å²) >= 11 is 25.2. The Morgan fingerprint density at radius 1 is 0.486 bits per heavy atom. The fourth-order valence-corrected chi connectivity index (χ4v) is 9.39. The summed E-state index contributed by atoms with van der Waals surface area (Å²) in [6.07, 6.45) is -11.0. The Hall–Kier alpha value is -4.36. The van der Waals surface area contributed by atoms with Gasteiger partial charge in [0.2, 0.25) is 6.79 Å². The second-order valence-electron chi connectivity index (χ2n) is 17.7. The number of fused-ring (bicyclic) bond motifs is 2. The Labute approximate surface area is 437 Å². The van der Waals surface area contributed by atoms with Crippen molar-refractivity contribution in [3.63, 3.8) is 0 Å². The second kappa shape index (κ2) is 24.3. The fraction of sp³-hybridized carbons (Fsp3) is 0.345. The molecule has 0 aromatic heterocycles. The van der Waals surface area contributed by atoms with Gasteiger partial charge in [0.1, 0.15) is 48.8 Å². The first kappa shape index (κ1) is 51.1. The zero-order valence-electron chi connectivity index (χ0n) is 38.7. The van der Waals surface area contributed by atoms with Crippen LogP contribution in [0.25, 0.3) is 0 Å². The number of benzene rings is 6. The van der Waals surface area contributed by atoms with E-state index in [1.807, 2.05) is 109 Å². The fourth-order valence-electron chi connectivity index (χ4n) is 8.88. The van der Waals surface area contributed by atoms with Crippen LogP contribution in [0.4, 0.5) is 0 Å². The lowest BCUT2D eigenvalue weighted by Crippen LogP contribution is -2.67. The second-order valence-corrected chi connectivity index (χ2v) is 19.4. The van der Waals surface area contributed by atoms with Crippen LogP contribution in [0, 0.1) is 0 Å². The molecule has 3 fully saturated rings. The first-order valence-electron chi connectivity index (χ1n) is 23.6. The van der Waals surface area contributed by atoms with Gasteiger partial charge in [-0.05, 0) is 88.5 Å². The molecule has 1 unspecified atom stereocenters. The third kappa shape index (κ3) is 12.9. The molecule has 6 aromatic rings. The largest absolute Gasteiger partial charge is 0.454 e. The van der Waals surface area contributed by atoms with Crippen LogP contribution in [0.3, 0.4) is 0 Å². The summed E-state index contributed by atoms with van der Waals surface area (Å²) in [5.74, 6) is 1.23.